The highest BCUT2D eigenvalue weighted by Crippen LogP contribution is 2.20. The molecule has 0 aliphatic rings. The van der Waals surface area contributed by atoms with E-state index in [-0.39, 0.29) is 0 Å². The van der Waals surface area contributed by atoms with E-state index in [4.69, 9.17) is 0 Å². The summed E-state index contributed by atoms with van der Waals surface area (Å²) in [6, 6.07) is 14.4. The van der Waals surface area contributed by atoms with Crippen LogP contribution in [-0.2, 0) is 0 Å². The maximum atomic E-state index is 10.2. The molecule has 0 aromatic heterocycles. The normalized spacial score (nSPS) is 13.0. The summed E-state index contributed by atoms with van der Waals surface area (Å²) in [5.74, 6) is 0.752. The lowest BCUT2D eigenvalue weighted by Gasteiger charge is -2.13. The van der Waals surface area contributed by atoms with Crippen molar-refractivity contribution in [1.82, 2.24) is 5.32 Å². The molecule has 1 unspecified atom stereocenters. The molecule has 0 aliphatic carbocycles. The molecule has 0 amide bonds. The van der Waals surface area contributed by atoms with E-state index in [0.29, 0.717) is 6.54 Å². The maximum Gasteiger partial charge on any atom is 0.0914 e. The molecule has 108 valence electrons. The number of aliphatic hydroxyl groups excluding tert-OH is 1. The van der Waals surface area contributed by atoms with Crippen molar-refractivity contribution in [2.24, 2.45) is 5.92 Å². The van der Waals surface area contributed by atoms with Crippen LogP contribution in [0, 0.1) is 5.92 Å². The zero-order valence-electron chi connectivity index (χ0n) is 12.5. The molecule has 1 atom stereocenters. The van der Waals surface area contributed by atoms with Gasteiger partial charge >= 0.3 is 0 Å². The number of aliphatic hydroxyl groups is 1. The second kappa shape index (κ2) is 7.41. The largest absolute Gasteiger partial charge is 0.387 e. The zero-order valence-corrected chi connectivity index (χ0v) is 12.5. The van der Waals surface area contributed by atoms with Crippen LogP contribution in [0.4, 0.5) is 0 Å². The van der Waals surface area contributed by atoms with Crippen molar-refractivity contribution in [1.29, 1.82) is 0 Å². The summed E-state index contributed by atoms with van der Waals surface area (Å²) in [4.78, 5) is 0. The van der Waals surface area contributed by atoms with Crippen LogP contribution in [0.25, 0.3) is 10.8 Å². The summed E-state index contributed by atoms with van der Waals surface area (Å²) in [5, 5.41) is 16.0. The lowest BCUT2D eigenvalue weighted by atomic mass is 10.0. The fourth-order valence-electron chi connectivity index (χ4n) is 2.41. The molecule has 2 heteroatoms. The highest BCUT2D eigenvalue weighted by atomic mass is 16.3. The number of rotatable bonds is 7. The van der Waals surface area contributed by atoms with Crippen LogP contribution in [0.2, 0.25) is 0 Å². The van der Waals surface area contributed by atoms with Gasteiger partial charge in [-0.3, -0.25) is 0 Å². The molecular formula is C18H25NO. The zero-order chi connectivity index (χ0) is 14.4. The third-order valence-electron chi connectivity index (χ3n) is 3.63. The topological polar surface area (TPSA) is 32.3 Å². The van der Waals surface area contributed by atoms with Crippen molar-refractivity contribution in [2.75, 3.05) is 13.1 Å². The second-order valence-electron chi connectivity index (χ2n) is 5.86. The fraction of sp³-hybridized carbons (Fsp3) is 0.444. The lowest BCUT2D eigenvalue weighted by molar-refractivity contribution is 0.174. The van der Waals surface area contributed by atoms with E-state index >= 15 is 0 Å². The Morgan fingerprint density at radius 3 is 2.55 bits per heavy atom. The molecule has 0 aliphatic heterocycles. The number of hydrogen-bond donors (Lipinski definition) is 2. The molecule has 2 rings (SSSR count). The van der Waals surface area contributed by atoms with E-state index in [0.717, 1.165) is 18.0 Å². The first-order chi connectivity index (χ1) is 9.66. The summed E-state index contributed by atoms with van der Waals surface area (Å²) in [5.41, 5.74) is 0.986. The predicted octanol–water partition coefficient (Wildman–Crippen LogP) is 3.90. The minimum absolute atomic E-state index is 0.432. The van der Waals surface area contributed by atoms with Crippen LogP contribution in [-0.4, -0.2) is 18.2 Å². The number of fused-ring (bicyclic) bond motifs is 1. The van der Waals surface area contributed by atoms with Gasteiger partial charge in [-0.15, -0.1) is 0 Å². The Labute approximate surface area is 121 Å². The summed E-state index contributed by atoms with van der Waals surface area (Å²) >= 11 is 0. The van der Waals surface area contributed by atoms with Crippen molar-refractivity contribution in [2.45, 2.75) is 32.8 Å². The van der Waals surface area contributed by atoms with Gasteiger partial charge in [-0.25, -0.2) is 0 Å². The Morgan fingerprint density at radius 1 is 1.05 bits per heavy atom. The molecular weight excluding hydrogens is 246 g/mol. The highest BCUT2D eigenvalue weighted by Gasteiger charge is 2.07. The van der Waals surface area contributed by atoms with E-state index in [2.05, 4.69) is 43.4 Å². The van der Waals surface area contributed by atoms with Gasteiger partial charge in [-0.1, -0.05) is 50.2 Å². The van der Waals surface area contributed by atoms with Gasteiger partial charge in [0.2, 0.25) is 0 Å². The number of hydrogen-bond acceptors (Lipinski definition) is 2. The first-order valence-corrected chi connectivity index (χ1v) is 7.54. The van der Waals surface area contributed by atoms with Gasteiger partial charge in [-0.2, -0.15) is 0 Å². The molecule has 0 radical (unpaired) electrons. The Bertz CT molecular complexity index is 536. The van der Waals surface area contributed by atoms with Crippen molar-refractivity contribution in [3.8, 4) is 0 Å². The molecule has 0 spiro atoms. The van der Waals surface area contributed by atoms with Gasteiger partial charge in [0.05, 0.1) is 6.10 Å². The van der Waals surface area contributed by atoms with E-state index in [1.165, 1.54) is 23.6 Å². The van der Waals surface area contributed by atoms with Crippen LogP contribution >= 0.6 is 0 Å². The standard InChI is InChI=1S/C18H25NO/c1-14(2)6-5-11-19-13-18(20)17-10-9-15-7-3-4-8-16(15)12-17/h3-4,7-10,12,14,18-20H,5-6,11,13H2,1-2H3. The van der Waals surface area contributed by atoms with Gasteiger partial charge in [0, 0.05) is 6.54 Å². The Morgan fingerprint density at radius 2 is 1.80 bits per heavy atom. The molecule has 2 N–H and O–H groups in total. The summed E-state index contributed by atoms with van der Waals surface area (Å²) < 4.78 is 0. The fourth-order valence-corrected chi connectivity index (χ4v) is 2.41. The van der Waals surface area contributed by atoms with Crippen molar-refractivity contribution in [3.05, 3.63) is 48.0 Å². The number of nitrogens with one attached hydrogen (secondary N) is 1. The van der Waals surface area contributed by atoms with Crippen molar-refractivity contribution >= 4 is 10.8 Å². The average Bonchev–Trinajstić information content (AvgIpc) is 2.46. The van der Waals surface area contributed by atoms with Crippen LogP contribution in [0.15, 0.2) is 42.5 Å². The molecule has 0 saturated heterocycles. The Balaban J connectivity index is 1.86. The summed E-state index contributed by atoms with van der Waals surface area (Å²) in [6.07, 6.45) is 1.97. The molecule has 0 fully saturated rings. The van der Waals surface area contributed by atoms with E-state index < -0.39 is 6.10 Å². The third kappa shape index (κ3) is 4.32. The number of benzene rings is 2. The second-order valence-corrected chi connectivity index (χ2v) is 5.86. The minimum atomic E-state index is -0.432. The van der Waals surface area contributed by atoms with E-state index in [1.54, 1.807) is 0 Å². The van der Waals surface area contributed by atoms with Gasteiger partial charge in [0.15, 0.2) is 0 Å². The van der Waals surface area contributed by atoms with Crippen molar-refractivity contribution in [3.63, 3.8) is 0 Å². The molecule has 2 aromatic carbocycles. The van der Waals surface area contributed by atoms with E-state index in [1.807, 2.05) is 18.2 Å². The highest BCUT2D eigenvalue weighted by molar-refractivity contribution is 5.83. The smallest absolute Gasteiger partial charge is 0.0914 e. The minimum Gasteiger partial charge on any atom is -0.387 e. The molecule has 20 heavy (non-hydrogen) atoms. The molecule has 2 nitrogen and oxygen atoms in total. The van der Waals surface area contributed by atoms with Crippen molar-refractivity contribution < 1.29 is 5.11 Å². The first-order valence-electron chi connectivity index (χ1n) is 7.54. The van der Waals surface area contributed by atoms with Crippen LogP contribution in [0.3, 0.4) is 0 Å². The Kier molecular flexibility index (Phi) is 5.57. The Hall–Kier alpha value is -1.38. The van der Waals surface area contributed by atoms with Gasteiger partial charge < -0.3 is 10.4 Å². The predicted molar refractivity (Wildman–Crippen MR) is 85.8 cm³/mol. The maximum absolute atomic E-state index is 10.2. The van der Waals surface area contributed by atoms with Crippen LogP contribution in [0.1, 0.15) is 38.4 Å². The van der Waals surface area contributed by atoms with Crippen LogP contribution < -0.4 is 5.32 Å². The average molecular weight is 271 g/mol. The summed E-state index contributed by atoms with van der Waals surface area (Å²) in [7, 11) is 0. The lowest BCUT2D eigenvalue weighted by Crippen LogP contribution is -2.22. The summed E-state index contributed by atoms with van der Waals surface area (Å²) in [6.45, 7) is 6.08. The first kappa shape index (κ1) is 15.0. The monoisotopic (exact) mass is 271 g/mol. The quantitative estimate of drug-likeness (QED) is 0.749. The van der Waals surface area contributed by atoms with Gasteiger partial charge in [0.1, 0.15) is 0 Å². The van der Waals surface area contributed by atoms with Gasteiger partial charge in [0.25, 0.3) is 0 Å². The van der Waals surface area contributed by atoms with E-state index in [9.17, 15) is 5.11 Å². The SMILES string of the molecule is CC(C)CCCNCC(O)c1ccc2ccccc2c1. The van der Waals surface area contributed by atoms with Gasteiger partial charge in [-0.05, 0) is 47.7 Å². The third-order valence-corrected chi connectivity index (χ3v) is 3.63. The molecule has 2 aromatic rings. The molecule has 0 heterocycles. The molecule has 0 bridgehead atoms. The molecule has 0 saturated carbocycles. The van der Waals surface area contributed by atoms with Crippen LogP contribution in [0.5, 0.6) is 0 Å².